The van der Waals surface area contributed by atoms with Crippen LogP contribution < -0.4 is 24.8 Å². The lowest BCUT2D eigenvalue weighted by atomic mass is 9.98. The van der Waals surface area contributed by atoms with Crippen LogP contribution in [0.1, 0.15) is 46.7 Å². The van der Waals surface area contributed by atoms with Gasteiger partial charge in [0.05, 0.1) is 18.9 Å². The second kappa shape index (κ2) is 13.2. The summed E-state index contributed by atoms with van der Waals surface area (Å²) in [7, 11) is 7.75. The van der Waals surface area contributed by atoms with Crippen LogP contribution in [0.2, 0.25) is 0 Å². The molecular formula is C29H39N5O7. The number of ether oxygens (including phenoxy) is 3. The van der Waals surface area contributed by atoms with Gasteiger partial charge in [0.25, 0.3) is 11.8 Å². The van der Waals surface area contributed by atoms with Crippen LogP contribution in [0.5, 0.6) is 17.2 Å². The predicted molar refractivity (Wildman–Crippen MR) is 151 cm³/mol. The zero-order valence-electron chi connectivity index (χ0n) is 24.3. The highest BCUT2D eigenvalue weighted by atomic mass is 16.6. The van der Waals surface area contributed by atoms with E-state index in [0.717, 1.165) is 0 Å². The second-order valence-corrected chi connectivity index (χ2v) is 10.7. The monoisotopic (exact) mass is 569 g/mol. The van der Waals surface area contributed by atoms with E-state index < -0.39 is 35.6 Å². The molecule has 222 valence electrons. The minimum atomic E-state index is -0.547. The lowest BCUT2D eigenvalue weighted by Gasteiger charge is -2.22. The number of methoxy groups -OCH3 is 1. The molecule has 2 aliphatic heterocycles. The van der Waals surface area contributed by atoms with E-state index in [4.69, 9.17) is 14.2 Å². The summed E-state index contributed by atoms with van der Waals surface area (Å²) in [6, 6.07) is 6.72. The standard InChI is InChI=1S/C29H39N5O7/c1-32(2)26(35)22-24(40-28(37)18-10-14-30-15-11-18)25(41-29(38)19-12-16-31-17-13-19)23(27(36)33(3)4)34(22)20-6-8-21(39-5)9-7-20/h6-9,18-19,30-31H,10-17H2,1-5H3. The molecule has 1 aromatic carbocycles. The number of rotatable bonds is 8. The van der Waals surface area contributed by atoms with Crippen molar-refractivity contribution in [2.75, 3.05) is 61.5 Å². The van der Waals surface area contributed by atoms with Crippen molar-refractivity contribution in [3.05, 3.63) is 35.7 Å². The van der Waals surface area contributed by atoms with E-state index in [9.17, 15) is 19.2 Å². The maximum absolute atomic E-state index is 13.8. The summed E-state index contributed by atoms with van der Waals surface area (Å²) in [5.74, 6) is -2.91. The number of esters is 2. The van der Waals surface area contributed by atoms with Crippen LogP contribution in [-0.2, 0) is 9.59 Å². The van der Waals surface area contributed by atoms with Crippen LogP contribution in [0.15, 0.2) is 24.3 Å². The van der Waals surface area contributed by atoms with E-state index in [2.05, 4.69) is 10.6 Å². The molecule has 2 aliphatic rings. The van der Waals surface area contributed by atoms with Crippen molar-refractivity contribution in [2.24, 2.45) is 11.8 Å². The Morgan fingerprint density at radius 3 is 1.44 bits per heavy atom. The van der Waals surface area contributed by atoms with E-state index in [1.54, 1.807) is 52.5 Å². The van der Waals surface area contributed by atoms with Gasteiger partial charge in [-0.1, -0.05) is 0 Å². The maximum atomic E-state index is 13.8. The summed E-state index contributed by atoms with van der Waals surface area (Å²) < 4.78 is 18.6. The van der Waals surface area contributed by atoms with E-state index in [1.807, 2.05) is 0 Å². The third kappa shape index (κ3) is 6.54. The molecule has 1 aromatic heterocycles. The topological polar surface area (TPSA) is 131 Å². The molecular weight excluding hydrogens is 530 g/mol. The SMILES string of the molecule is COc1ccc(-n2c(C(=O)N(C)C)c(OC(=O)C3CCNCC3)c(OC(=O)C3CCNCC3)c2C(=O)N(C)C)cc1. The zero-order valence-corrected chi connectivity index (χ0v) is 24.3. The zero-order chi connectivity index (χ0) is 29.7. The van der Waals surface area contributed by atoms with Crippen molar-refractivity contribution in [1.82, 2.24) is 25.0 Å². The van der Waals surface area contributed by atoms with Gasteiger partial charge in [0, 0.05) is 33.9 Å². The number of piperidine rings is 2. The average Bonchev–Trinajstić information content (AvgIpc) is 3.29. The van der Waals surface area contributed by atoms with Gasteiger partial charge in [0.15, 0.2) is 11.4 Å². The number of aromatic nitrogens is 1. The van der Waals surface area contributed by atoms with Crippen molar-refractivity contribution in [2.45, 2.75) is 25.7 Å². The van der Waals surface area contributed by atoms with Crippen LogP contribution in [0.3, 0.4) is 0 Å². The average molecular weight is 570 g/mol. The molecule has 0 unspecified atom stereocenters. The fourth-order valence-corrected chi connectivity index (χ4v) is 5.00. The Labute approximate surface area is 239 Å². The Hall–Kier alpha value is -3.90. The lowest BCUT2D eigenvalue weighted by Crippen LogP contribution is -2.35. The Morgan fingerprint density at radius 2 is 1.10 bits per heavy atom. The van der Waals surface area contributed by atoms with Crippen LogP contribution in [0.25, 0.3) is 5.69 Å². The predicted octanol–water partition coefficient (Wildman–Crippen LogP) is 1.70. The summed E-state index contributed by atoms with van der Waals surface area (Å²) in [5, 5.41) is 6.43. The molecule has 2 N–H and O–H groups in total. The first kappa shape index (κ1) is 30.1. The van der Waals surface area contributed by atoms with E-state index in [1.165, 1.54) is 21.5 Å². The summed E-state index contributed by atoms with van der Waals surface area (Å²) in [5.41, 5.74) is 0.228. The second-order valence-electron chi connectivity index (χ2n) is 10.7. The molecule has 12 heteroatoms. The number of nitrogens with zero attached hydrogens (tertiary/aromatic N) is 3. The van der Waals surface area contributed by atoms with Crippen molar-refractivity contribution in [1.29, 1.82) is 0 Å². The van der Waals surface area contributed by atoms with Gasteiger partial charge in [-0.05, 0) is 76.1 Å². The Morgan fingerprint density at radius 1 is 0.707 bits per heavy atom. The van der Waals surface area contributed by atoms with Crippen LogP contribution >= 0.6 is 0 Å². The smallest absolute Gasteiger partial charge is 0.314 e. The van der Waals surface area contributed by atoms with Crippen LogP contribution in [0, 0.1) is 11.8 Å². The van der Waals surface area contributed by atoms with Gasteiger partial charge >= 0.3 is 11.9 Å². The molecule has 2 aromatic rings. The van der Waals surface area contributed by atoms with Gasteiger partial charge in [-0.25, -0.2) is 0 Å². The highest BCUT2D eigenvalue weighted by Crippen LogP contribution is 2.43. The summed E-state index contributed by atoms with van der Waals surface area (Å²) in [6.07, 6.45) is 2.23. The van der Waals surface area contributed by atoms with Crippen molar-refractivity contribution < 1.29 is 33.4 Å². The quantitative estimate of drug-likeness (QED) is 0.456. The number of hydrogen-bond donors (Lipinski definition) is 2. The number of carbonyl (C=O) groups is 4. The summed E-state index contributed by atoms with van der Waals surface area (Å²) in [6.45, 7) is 2.60. The van der Waals surface area contributed by atoms with Gasteiger partial charge in [-0.2, -0.15) is 0 Å². The molecule has 0 radical (unpaired) electrons. The highest BCUT2D eigenvalue weighted by molar-refractivity contribution is 6.05. The van der Waals surface area contributed by atoms with Gasteiger partial charge < -0.3 is 34.6 Å². The maximum Gasteiger partial charge on any atom is 0.314 e. The van der Waals surface area contributed by atoms with Crippen molar-refractivity contribution >= 4 is 23.8 Å². The summed E-state index contributed by atoms with van der Waals surface area (Å²) in [4.78, 5) is 57.1. The van der Waals surface area contributed by atoms with E-state index in [-0.39, 0.29) is 22.9 Å². The molecule has 12 nitrogen and oxygen atoms in total. The number of hydrogen-bond acceptors (Lipinski definition) is 9. The molecule has 41 heavy (non-hydrogen) atoms. The Bertz CT molecular complexity index is 1200. The molecule has 2 saturated heterocycles. The number of amides is 2. The van der Waals surface area contributed by atoms with Gasteiger partial charge in [-0.15, -0.1) is 0 Å². The Kier molecular flexibility index (Phi) is 9.66. The minimum Gasteiger partial charge on any atom is -0.497 e. The molecule has 0 saturated carbocycles. The first-order valence-corrected chi connectivity index (χ1v) is 13.8. The fraction of sp³-hybridized carbons (Fsp3) is 0.517. The van der Waals surface area contributed by atoms with Gasteiger partial charge in [-0.3, -0.25) is 23.7 Å². The summed E-state index contributed by atoms with van der Waals surface area (Å²) >= 11 is 0. The van der Waals surface area contributed by atoms with Gasteiger partial charge in [0.2, 0.25) is 11.5 Å². The van der Waals surface area contributed by atoms with E-state index in [0.29, 0.717) is 63.3 Å². The third-order valence-corrected chi connectivity index (χ3v) is 7.38. The van der Waals surface area contributed by atoms with Crippen LogP contribution in [-0.4, -0.2) is 99.6 Å². The lowest BCUT2D eigenvalue weighted by molar-refractivity contribution is -0.142. The van der Waals surface area contributed by atoms with Gasteiger partial charge in [0.1, 0.15) is 5.75 Å². The molecule has 4 rings (SSSR count). The molecule has 0 aliphatic carbocycles. The third-order valence-electron chi connectivity index (χ3n) is 7.38. The first-order chi connectivity index (χ1) is 19.6. The van der Waals surface area contributed by atoms with Crippen molar-refractivity contribution in [3.8, 4) is 22.9 Å². The molecule has 2 amide bonds. The molecule has 0 bridgehead atoms. The molecule has 0 atom stereocenters. The minimum absolute atomic E-state index is 0.0965. The normalized spacial score (nSPS) is 16.1. The number of benzene rings is 1. The molecule has 0 spiro atoms. The first-order valence-electron chi connectivity index (χ1n) is 13.8. The van der Waals surface area contributed by atoms with Crippen LogP contribution in [0.4, 0.5) is 0 Å². The van der Waals surface area contributed by atoms with E-state index >= 15 is 0 Å². The fourth-order valence-electron chi connectivity index (χ4n) is 5.00. The molecule has 2 fully saturated rings. The highest BCUT2D eigenvalue weighted by Gasteiger charge is 2.39. The van der Waals surface area contributed by atoms with Crippen molar-refractivity contribution in [3.63, 3.8) is 0 Å². The number of carbonyl (C=O) groups excluding carboxylic acids is 4. The largest absolute Gasteiger partial charge is 0.497 e. The molecule has 3 heterocycles. The Balaban J connectivity index is 1.97. The number of nitrogens with one attached hydrogen (secondary N) is 2.